The van der Waals surface area contributed by atoms with E-state index in [2.05, 4.69) is 36.6 Å². The van der Waals surface area contributed by atoms with Crippen molar-refractivity contribution in [3.8, 4) is 34.4 Å². The van der Waals surface area contributed by atoms with Gasteiger partial charge in [0.25, 0.3) is 17.0 Å². The summed E-state index contributed by atoms with van der Waals surface area (Å²) in [4.78, 5) is 75.2. The van der Waals surface area contributed by atoms with Crippen LogP contribution >= 0.6 is 0 Å². The Balaban J connectivity index is 0.880. The van der Waals surface area contributed by atoms with Crippen LogP contribution in [0.2, 0.25) is 0 Å². The Hall–Kier alpha value is -9.57. The number of hydrogen-bond donors (Lipinski definition) is 6. The highest BCUT2D eigenvalue weighted by molar-refractivity contribution is 6.05. The Bertz CT molecular complexity index is 3520. The molecule has 0 aliphatic heterocycles. The van der Waals surface area contributed by atoms with Gasteiger partial charge in [0.2, 0.25) is 0 Å². The quantitative estimate of drug-likeness (QED) is 0.0545. The van der Waals surface area contributed by atoms with Crippen LogP contribution in [-0.2, 0) is 20.6 Å². The molecule has 0 radical (unpaired) electrons. The van der Waals surface area contributed by atoms with Gasteiger partial charge in [-0.25, -0.2) is 37.7 Å². The van der Waals surface area contributed by atoms with Crippen LogP contribution < -0.4 is 47.2 Å². The molecule has 4 aromatic heterocycles. The van der Waals surface area contributed by atoms with Gasteiger partial charge < -0.3 is 35.4 Å². The van der Waals surface area contributed by atoms with Crippen LogP contribution in [0, 0.1) is 25.5 Å². The topological polar surface area (TPSA) is 233 Å². The van der Waals surface area contributed by atoms with Gasteiger partial charge in [0.15, 0.2) is 29.4 Å². The Morgan fingerprint density at radius 3 is 1.89 bits per heavy atom. The van der Waals surface area contributed by atoms with Crippen molar-refractivity contribution in [1.29, 1.82) is 0 Å². The third-order valence-electron chi connectivity index (χ3n) is 11.6. The lowest BCUT2D eigenvalue weighted by Gasteiger charge is -2.19. The second kappa shape index (κ2) is 21.2. The van der Waals surface area contributed by atoms with E-state index in [4.69, 9.17) is 9.47 Å². The highest BCUT2D eigenvalue weighted by Gasteiger charge is 2.25. The molecule has 22 heteroatoms. The summed E-state index contributed by atoms with van der Waals surface area (Å²) < 4.78 is 47.9. The molecule has 1 unspecified atom stereocenters. The SMILES string of the molecule is CNC(=O)Nc1cc(Oc2ccc(NC(O)c3c(C)n(C)n(-c4cccc(CN(C)C(=O)Nc5cc(Oc6ccc(NC(=O)c7c(C)n(C)n(-c8ccccc8)c7=O)cc6F)ccn5)c4)c3=O)cc2F)ccn1. The number of carbonyl (C=O) groups is 3. The number of hydrogen-bond acceptors (Lipinski definition) is 11. The smallest absolute Gasteiger partial charge is 0.323 e. The number of benzene rings is 4. The summed E-state index contributed by atoms with van der Waals surface area (Å²) in [5, 5.41) is 24.2. The summed E-state index contributed by atoms with van der Waals surface area (Å²) in [7, 11) is 6.31. The molecule has 5 amide bonds. The number of halogens is 2. The van der Waals surface area contributed by atoms with E-state index in [9.17, 15) is 29.1 Å². The monoisotopic (exact) mass is 994 g/mol. The predicted molar refractivity (Wildman–Crippen MR) is 268 cm³/mol. The van der Waals surface area contributed by atoms with Gasteiger partial charge in [0, 0.05) is 88.5 Å². The van der Waals surface area contributed by atoms with Gasteiger partial charge in [-0.05, 0) is 80.1 Å². The molecular formula is C51H48F2N12O8. The van der Waals surface area contributed by atoms with E-state index >= 15 is 8.78 Å². The number of nitrogens with zero attached hydrogens (tertiary/aromatic N) is 7. The Labute approximate surface area is 415 Å². The number of nitrogens with one attached hydrogen (secondary N) is 5. The number of amides is 5. The molecule has 0 spiro atoms. The average molecular weight is 995 g/mol. The van der Waals surface area contributed by atoms with E-state index in [-0.39, 0.29) is 63.7 Å². The van der Waals surface area contributed by atoms with E-state index in [1.54, 1.807) is 92.9 Å². The summed E-state index contributed by atoms with van der Waals surface area (Å²) in [6.07, 6.45) is 1.20. The van der Waals surface area contributed by atoms with Crippen molar-refractivity contribution in [3.63, 3.8) is 0 Å². The molecule has 8 aromatic rings. The van der Waals surface area contributed by atoms with Gasteiger partial charge in [0.05, 0.1) is 22.6 Å². The third-order valence-corrected chi connectivity index (χ3v) is 11.6. The average Bonchev–Trinajstić information content (AvgIpc) is 3.73. The summed E-state index contributed by atoms with van der Waals surface area (Å²) in [5.74, 6) is -1.99. The zero-order valence-corrected chi connectivity index (χ0v) is 40.1. The van der Waals surface area contributed by atoms with Crippen LogP contribution in [0.5, 0.6) is 23.0 Å². The lowest BCUT2D eigenvalue weighted by molar-refractivity contribution is 0.102. The first kappa shape index (κ1) is 49.8. The molecule has 20 nitrogen and oxygen atoms in total. The van der Waals surface area contributed by atoms with Gasteiger partial charge in [-0.15, -0.1) is 0 Å². The van der Waals surface area contributed by atoms with Gasteiger partial charge >= 0.3 is 12.1 Å². The van der Waals surface area contributed by atoms with E-state index in [1.807, 2.05) is 6.07 Å². The first-order valence-electron chi connectivity index (χ1n) is 22.3. The van der Waals surface area contributed by atoms with Gasteiger partial charge in [-0.2, -0.15) is 0 Å². The van der Waals surface area contributed by atoms with Gasteiger partial charge in [0.1, 0.15) is 28.7 Å². The number of urea groups is 2. The molecule has 6 N–H and O–H groups in total. The van der Waals surface area contributed by atoms with Crippen LogP contribution in [0.3, 0.4) is 0 Å². The summed E-state index contributed by atoms with van der Waals surface area (Å²) >= 11 is 0. The van der Waals surface area contributed by atoms with E-state index < -0.39 is 47.0 Å². The van der Waals surface area contributed by atoms with E-state index in [0.717, 1.165) is 12.1 Å². The molecule has 0 saturated carbocycles. The Kier molecular flexibility index (Phi) is 14.5. The summed E-state index contributed by atoms with van der Waals surface area (Å²) in [6, 6.07) is 28.2. The largest absolute Gasteiger partial charge is 0.454 e. The standard InChI is InChI=1S/C51H48F2N12O8/c1-29-44(48(68)64(62(29)5)34-12-8-7-9-13-34)46(66)57-32-16-18-41(39(53)24-32)73-37-20-22-56-43(27-37)60-51(71)61(4)28-31-11-10-14-35(23-31)65-49(69)45(30(2)63(65)6)47(67)58-33-15-17-40(38(52)25-33)72-36-19-21-55-42(26-36)59-50(70)54-3/h7-27,47,58,67H,28H2,1-6H3,(H,57,66)(H,56,60,71)(H2,54,55,59,70). The molecule has 0 fully saturated rings. The molecule has 4 aromatic carbocycles. The molecule has 0 aliphatic carbocycles. The van der Waals surface area contributed by atoms with Crippen molar-refractivity contribution < 1.29 is 37.7 Å². The van der Waals surface area contributed by atoms with E-state index in [0.29, 0.717) is 28.3 Å². The molecule has 8 rings (SSSR count). The second-order valence-corrected chi connectivity index (χ2v) is 16.5. The molecule has 0 bridgehead atoms. The maximum atomic E-state index is 15.4. The van der Waals surface area contributed by atoms with Gasteiger partial charge in [-0.3, -0.25) is 34.4 Å². The molecular weight excluding hydrogens is 947 g/mol. The molecule has 1 atom stereocenters. The lowest BCUT2D eigenvalue weighted by Crippen LogP contribution is -2.31. The fraction of sp³-hybridized carbons (Fsp3) is 0.157. The van der Waals surface area contributed by atoms with Crippen LogP contribution in [0.4, 0.5) is 41.4 Å². The molecule has 73 heavy (non-hydrogen) atoms. The maximum absolute atomic E-state index is 15.4. The third kappa shape index (κ3) is 10.9. The first-order chi connectivity index (χ1) is 35.0. The van der Waals surface area contributed by atoms with Crippen molar-refractivity contribution in [2.45, 2.75) is 26.6 Å². The zero-order valence-electron chi connectivity index (χ0n) is 40.1. The fourth-order valence-corrected chi connectivity index (χ4v) is 7.78. The van der Waals surface area contributed by atoms with Crippen LogP contribution in [0.1, 0.15) is 39.1 Å². The molecule has 4 heterocycles. The predicted octanol–water partition coefficient (Wildman–Crippen LogP) is 7.71. The normalized spacial score (nSPS) is 11.4. The van der Waals surface area contributed by atoms with Crippen molar-refractivity contribution in [3.05, 3.63) is 188 Å². The van der Waals surface area contributed by atoms with Gasteiger partial charge in [-0.1, -0.05) is 30.3 Å². The summed E-state index contributed by atoms with van der Waals surface area (Å²) in [5.41, 5.74) is 1.58. The van der Waals surface area contributed by atoms with Crippen LogP contribution in [0.15, 0.2) is 137 Å². The van der Waals surface area contributed by atoms with Crippen LogP contribution in [0.25, 0.3) is 11.4 Å². The van der Waals surface area contributed by atoms with Crippen molar-refractivity contribution in [1.82, 2.24) is 38.9 Å². The van der Waals surface area contributed by atoms with Crippen LogP contribution in [-0.4, -0.2) is 70.8 Å². The molecule has 0 saturated heterocycles. The molecule has 0 aliphatic rings. The number of aliphatic hydroxyl groups is 1. The lowest BCUT2D eigenvalue weighted by atomic mass is 10.2. The number of rotatable bonds is 15. The zero-order chi connectivity index (χ0) is 52.1. The Morgan fingerprint density at radius 1 is 0.685 bits per heavy atom. The minimum Gasteiger partial charge on any atom is -0.454 e. The minimum atomic E-state index is -1.55. The number of aromatic nitrogens is 6. The highest BCUT2D eigenvalue weighted by Crippen LogP contribution is 2.31. The Morgan fingerprint density at radius 2 is 1.26 bits per heavy atom. The van der Waals surface area contributed by atoms with Crippen molar-refractivity contribution in [2.24, 2.45) is 14.1 Å². The number of pyridine rings is 2. The maximum Gasteiger partial charge on any atom is 0.323 e. The summed E-state index contributed by atoms with van der Waals surface area (Å²) in [6.45, 7) is 3.39. The second-order valence-electron chi connectivity index (χ2n) is 16.5. The number of ether oxygens (including phenoxy) is 2. The molecule has 374 valence electrons. The minimum absolute atomic E-state index is 0.0102. The van der Waals surface area contributed by atoms with Crippen molar-refractivity contribution in [2.75, 3.05) is 35.4 Å². The first-order valence-corrected chi connectivity index (χ1v) is 22.3. The van der Waals surface area contributed by atoms with Crippen molar-refractivity contribution >= 4 is 41.0 Å². The number of aliphatic hydroxyl groups excluding tert-OH is 1. The van der Waals surface area contributed by atoms with E-state index in [1.165, 1.54) is 82.2 Å². The number of para-hydroxylation sites is 1. The fourth-order valence-electron chi connectivity index (χ4n) is 7.78. The highest BCUT2D eigenvalue weighted by atomic mass is 19.1. The number of anilines is 4. The number of carbonyl (C=O) groups excluding carboxylic acids is 3.